The summed E-state index contributed by atoms with van der Waals surface area (Å²) < 4.78 is 0. The molecule has 1 aliphatic heterocycles. The van der Waals surface area contributed by atoms with Crippen LogP contribution in [-0.4, -0.2) is 21.7 Å². The van der Waals surface area contributed by atoms with E-state index in [4.69, 9.17) is 11.6 Å². The zero-order valence-corrected chi connectivity index (χ0v) is 14.4. The highest BCUT2D eigenvalue weighted by molar-refractivity contribution is 6.31. The second kappa shape index (κ2) is 7.07. The van der Waals surface area contributed by atoms with Crippen LogP contribution in [0.3, 0.4) is 0 Å². The van der Waals surface area contributed by atoms with Gasteiger partial charge in [-0.3, -0.25) is 0 Å². The lowest BCUT2D eigenvalue weighted by atomic mass is 10.0. The summed E-state index contributed by atoms with van der Waals surface area (Å²) in [6.07, 6.45) is 2.73. The van der Waals surface area contributed by atoms with Gasteiger partial charge in [-0.1, -0.05) is 54.1 Å². The number of nitrogens with zero attached hydrogens (tertiary/aromatic N) is 4. The highest BCUT2D eigenvalue weighted by atomic mass is 35.5. The SMILES string of the molecule is Clc1ccccc1CNc1nncc(N2CCc3ccccc3C2)n1. The first-order valence-electron chi connectivity index (χ1n) is 8.28. The molecule has 3 aromatic rings. The minimum absolute atomic E-state index is 0.510. The van der Waals surface area contributed by atoms with Crippen LogP contribution in [0.25, 0.3) is 0 Å². The number of rotatable bonds is 4. The summed E-state index contributed by atoms with van der Waals surface area (Å²) in [7, 11) is 0. The molecular formula is C19H18ClN5. The van der Waals surface area contributed by atoms with Gasteiger partial charge in [0.1, 0.15) is 0 Å². The van der Waals surface area contributed by atoms with E-state index in [2.05, 4.69) is 49.7 Å². The zero-order chi connectivity index (χ0) is 17.1. The van der Waals surface area contributed by atoms with Gasteiger partial charge in [0.25, 0.3) is 0 Å². The highest BCUT2D eigenvalue weighted by Gasteiger charge is 2.17. The Morgan fingerprint density at radius 2 is 1.84 bits per heavy atom. The number of fused-ring (bicyclic) bond motifs is 1. The third-order valence-electron chi connectivity index (χ3n) is 4.40. The van der Waals surface area contributed by atoms with E-state index in [0.717, 1.165) is 35.9 Å². The third-order valence-corrected chi connectivity index (χ3v) is 4.76. The molecule has 1 N–H and O–H groups in total. The molecule has 2 heterocycles. The average Bonchev–Trinajstić information content (AvgIpc) is 2.67. The van der Waals surface area contributed by atoms with E-state index in [-0.39, 0.29) is 0 Å². The summed E-state index contributed by atoms with van der Waals surface area (Å²) >= 11 is 6.19. The van der Waals surface area contributed by atoms with Crippen molar-refractivity contribution in [2.75, 3.05) is 16.8 Å². The molecule has 0 radical (unpaired) electrons. The summed E-state index contributed by atoms with van der Waals surface area (Å²) in [5, 5.41) is 12.1. The molecule has 0 fully saturated rings. The molecule has 0 amide bonds. The van der Waals surface area contributed by atoms with Gasteiger partial charge >= 0.3 is 0 Å². The summed E-state index contributed by atoms with van der Waals surface area (Å²) in [5.41, 5.74) is 3.76. The van der Waals surface area contributed by atoms with Gasteiger partial charge in [0, 0.05) is 24.7 Å². The molecule has 0 saturated carbocycles. The number of hydrogen-bond donors (Lipinski definition) is 1. The Bertz CT molecular complexity index is 883. The molecule has 2 aromatic carbocycles. The first-order valence-corrected chi connectivity index (χ1v) is 8.66. The van der Waals surface area contributed by atoms with Crippen molar-refractivity contribution in [1.82, 2.24) is 15.2 Å². The molecule has 0 aliphatic carbocycles. The number of hydrogen-bond acceptors (Lipinski definition) is 5. The van der Waals surface area contributed by atoms with Crippen LogP contribution in [0.15, 0.2) is 54.7 Å². The van der Waals surface area contributed by atoms with E-state index in [1.54, 1.807) is 6.20 Å². The van der Waals surface area contributed by atoms with Gasteiger partial charge in [-0.2, -0.15) is 10.1 Å². The maximum atomic E-state index is 6.19. The first-order chi connectivity index (χ1) is 12.3. The van der Waals surface area contributed by atoms with Crippen molar-refractivity contribution in [3.05, 3.63) is 76.4 Å². The lowest BCUT2D eigenvalue weighted by molar-refractivity contribution is 0.714. The van der Waals surface area contributed by atoms with Crippen molar-refractivity contribution >= 4 is 23.4 Å². The fraction of sp³-hybridized carbons (Fsp3) is 0.211. The quantitative estimate of drug-likeness (QED) is 0.776. The van der Waals surface area contributed by atoms with Crippen LogP contribution >= 0.6 is 11.6 Å². The molecule has 1 aromatic heterocycles. The number of nitrogens with one attached hydrogen (secondary N) is 1. The Kier molecular flexibility index (Phi) is 4.48. The second-order valence-electron chi connectivity index (χ2n) is 6.02. The lowest BCUT2D eigenvalue weighted by Crippen LogP contribution is -2.31. The minimum atomic E-state index is 0.510. The molecule has 0 saturated heterocycles. The Labute approximate surface area is 151 Å². The molecule has 1 aliphatic rings. The fourth-order valence-electron chi connectivity index (χ4n) is 3.03. The molecule has 5 nitrogen and oxygen atoms in total. The largest absolute Gasteiger partial charge is 0.350 e. The number of anilines is 2. The molecule has 0 atom stereocenters. The van der Waals surface area contributed by atoms with Crippen molar-refractivity contribution in [2.24, 2.45) is 0 Å². The third kappa shape index (κ3) is 3.56. The van der Waals surface area contributed by atoms with Crippen LogP contribution in [0.4, 0.5) is 11.8 Å². The topological polar surface area (TPSA) is 53.9 Å². The summed E-state index contributed by atoms with van der Waals surface area (Å²) in [6.45, 7) is 2.34. The van der Waals surface area contributed by atoms with Crippen LogP contribution in [0.2, 0.25) is 5.02 Å². The minimum Gasteiger partial charge on any atom is -0.350 e. The van der Waals surface area contributed by atoms with Crippen molar-refractivity contribution in [3.63, 3.8) is 0 Å². The van der Waals surface area contributed by atoms with Crippen molar-refractivity contribution in [1.29, 1.82) is 0 Å². The van der Waals surface area contributed by atoms with Crippen LogP contribution in [-0.2, 0) is 19.5 Å². The van der Waals surface area contributed by atoms with E-state index in [1.807, 2.05) is 24.3 Å². The second-order valence-corrected chi connectivity index (χ2v) is 6.43. The predicted molar refractivity (Wildman–Crippen MR) is 99.8 cm³/mol. The van der Waals surface area contributed by atoms with Gasteiger partial charge in [0.2, 0.25) is 5.95 Å². The lowest BCUT2D eigenvalue weighted by Gasteiger charge is -2.29. The van der Waals surface area contributed by atoms with Gasteiger partial charge in [-0.15, -0.1) is 5.10 Å². The van der Waals surface area contributed by atoms with E-state index in [1.165, 1.54) is 11.1 Å². The molecule has 6 heteroatoms. The standard InChI is InChI=1S/C19H18ClN5/c20-17-8-4-3-6-15(17)11-21-19-23-18(12-22-24-19)25-10-9-14-5-1-2-7-16(14)13-25/h1-8,12H,9-11,13H2,(H,21,23,24). The molecule has 126 valence electrons. The molecule has 0 unspecified atom stereocenters. The Morgan fingerprint density at radius 3 is 2.72 bits per heavy atom. The molecular weight excluding hydrogens is 334 g/mol. The molecule has 0 bridgehead atoms. The van der Waals surface area contributed by atoms with Gasteiger partial charge in [-0.05, 0) is 29.2 Å². The average molecular weight is 352 g/mol. The monoisotopic (exact) mass is 351 g/mol. The van der Waals surface area contributed by atoms with E-state index in [9.17, 15) is 0 Å². The van der Waals surface area contributed by atoms with Gasteiger partial charge in [0.05, 0.1) is 6.20 Å². The van der Waals surface area contributed by atoms with Crippen molar-refractivity contribution in [2.45, 2.75) is 19.5 Å². The van der Waals surface area contributed by atoms with Gasteiger partial charge in [-0.25, -0.2) is 0 Å². The van der Waals surface area contributed by atoms with E-state index >= 15 is 0 Å². The maximum Gasteiger partial charge on any atom is 0.244 e. The van der Waals surface area contributed by atoms with E-state index < -0.39 is 0 Å². The maximum absolute atomic E-state index is 6.19. The summed E-state index contributed by atoms with van der Waals surface area (Å²) in [5.74, 6) is 1.35. The fourth-order valence-corrected chi connectivity index (χ4v) is 3.23. The van der Waals surface area contributed by atoms with Gasteiger partial charge in [0.15, 0.2) is 5.82 Å². The van der Waals surface area contributed by atoms with Crippen LogP contribution < -0.4 is 10.2 Å². The van der Waals surface area contributed by atoms with Crippen LogP contribution in [0.1, 0.15) is 16.7 Å². The smallest absolute Gasteiger partial charge is 0.244 e. The Balaban J connectivity index is 1.48. The normalized spacial score (nSPS) is 13.4. The zero-order valence-electron chi connectivity index (χ0n) is 13.7. The Morgan fingerprint density at radius 1 is 1.04 bits per heavy atom. The summed E-state index contributed by atoms with van der Waals surface area (Å²) in [4.78, 5) is 6.85. The van der Waals surface area contributed by atoms with E-state index in [0.29, 0.717) is 12.5 Å². The molecule has 25 heavy (non-hydrogen) atoms. The molecule has 0 spiro atoms. The highest BCUT2D eigenvalue weighted by Crippen LogP contribution is 2.23. The molecule has 4 rings (SSSR count). The number of halogens is 1. The van der Waals surface area contributed by atoms with Gasteiger partial charge < -0.3 is 10.2 Å². The predicted octanol–water partition coefficient (Wildman–Crippen LogP) is 3.70. The van der Waals surface area contributed by atoms with Crippen LogP contribution in [0, 0.1) is 0 Å². The van der Waals surface area contributed by atoms with Crippen molar-refractivity contribution < 1.29 is 0 Å². The number of aromatic nitrogens is 3. The summed E-state index contributed by atoms with van der Waals surface area (Å²) in [6, 6.07) is 16.3. The Hall–Kier alpha value is -2.66. The number of benzene rings is 2. The van der Waals surface area contributed by atoms with Crippen LogP contribution in [0.5, 0.6) is 0 Å². The first kappa shape index (κ1) is 15.8. The van der Waals surface area contributed by atoms with Crippen molar-refractivity contribution in [3.8, 4) is 0 Å².